The molecule has 7 nitrogen and oxygen atoms in total. The van der Waals surface area contributed by atoms with Crippen LogP contribution in [0.15, 0.2) is 41.1 Å². The summed E-state index contributed by atoms with van der Waals surface area (Å²) in [6, 6.07) is 7.12. The predicted octanol–water partition coefficient (Wildman–Crippen LogP) is 4.39. The maximum absolute atomic E-state index is 8.56. The van der Waals surface area contributed by atoms with Crippen molar-refractivity contribution in [3.63, 3.8) is 0 Å². The van der Waals surface area contributed by atoms with Crippen molar-refractivity contribution in [2.75, 3.05) is 12.4 Å². The second-order valence-corrected chi connectivity index (χ2v) is 5.01. The molecule has 2 aromatic heterocycles. The molecule has 0 radical (unpaired) electrons. The van der Waals surface area contributed by atoms with Crippen LogP contribution in [-0.2, 0) is 0 Å². The van der Waals surface area contributed by atoms with E-state index in [4.69, 9.17) is 10.3 Å². The van der Waals surface area contributed by atoms with Gasteiger partial charge < -0.3 is 10.1 Å². The highest BCUT2D eigenvalue weighted by atomic mass is 32.1. The minimum atomic E-state index is 0.468. The van der Waals surface area contributed by atoms with Gasteiger partial charge in [0.05, 0.1) is 17.3 Å². The van der Waals surface area contributed by atoms with Gasteiger partial charge in [-0.2, -0.15) is 0 Å². The van der Waals surface area contributed by atoms with Crippen LogP contribution in [0.25, 0.3) is 20.7 Å². The minimum absolute atomic E-state index is 0.468. The van der Waals surface area contributed by atoms with Crippen LogP contribution in [0.4, 0.5) is 17.2 Å². The molecule has 1 N–H and O–H groups in total. The zero-order valence-corrected chi connectivity index (χ0v) is 11.8. The van der Waals surface area contributed by atoms with Crippen molar-refractivity contribution in [3.05, 3.63) is 46.4 Å². The van der Waals surface area contributed by atoms with Crippen molar-refractivity contribution in [2.45, 2.75) is 0 Å². The zero-order valence-electron chi connectivity index (χ0n) is 11.0. The molecule has 0 fully saturated rings. The number of nitrogens with one attached hydrogen (secondary N) is 1. The Bertz CT molecular complexity index is 840. The van der Waals surface area contributed by atoms with E-state index < -0.39 is 0 Å². The van der Waals surface area contributed by atoms with Crippen LogP contribution >= 0.6 is 11.3 Å². The maximum atomic E-state index is 8.56. The van der Waals surface area contributed by atoms with Crippen molar-refractivity contribution in [1.82, 2.24) is 9.97 Å². The summed E-state index contributed by atoms with van der Waals surface area (Å²) in [5.74, 6) is 1.30. The molecule has 0 bridgehead atoms. The largest absolute Gasteiger partial charge is 0.497 e. The summed E-state index contributed by atoms with van der Waals surface area (Å²) in [5, 5.41) is 8.76. The molecule has 0 spiro atoms. The van der Waals surface area contributed by atoms with Gasteiger partial charge in [0.15, 0.2) is 5.82 Å². The van der Waals surface area contributed by atoms with Gasteiger partial charge in [0.2, 0.25) is 0 Å². The number of azide groups is 1. The normalized spacial score (nSPS) is 10.1. The molecule has 0 aliphatic carbocycles. The highest BCUT2D eigenvalue weighted by molar-refractivity contribution is 7.17. The van der Waals surface area contributed by atoms with E-state index in [0.717, 1.165) is 15.9 Å². The first kappa shape index (κ1) is 13.2. The van der Waals surface area contributed by atoms with Crippen molar-refractivity contribution in [2.24, 2.45) is 5.11 Å². The lowest BCUT2D eigenvalue weighted by atomic mass is 10.2. The summed E-state index contributed by atoms with van der Waals surface area (Å²) in [6.07, 6.45) is 1.51. The maximum Gasteiger partial charge on any atom is 0.151 e. The van der Waals surface area contributed by atoms with Crippen LogP contribution in [0, 0.1) is 0 Å². The van der Waals surface area contributed by atoms with E-state index in [1.165, 1.54) is 6.33 Å². The summed E-state index contributed by atoms with van der Waals surface area (Å²) < 4.78 is 6.16. The molecule has 1 aromatic carbocycles. The molecule has 21 heavy (non-hydrogen) atoms. The Balaban J connectivity index is 2.02. The third-order valence-corrected chi connectivity index (χ3v) is 3.70. The fourth-order valence-electron chi connectivity index (χ4n) is 1.90. The smallest absolute Gasteiger partial charge is 0.151 e. The number of anilines is 2. The number of hydrogen-bond donors (Lipinski definition) is 1. The first-order valence-electron chi connectivity index (χ1n) is 5.99. The van der Waals surface area contributed by atoms with E-state index in [2.05, 4.69) is 25.3 Å². The van der Waals surface area contributed by atoms with Crippen LogP contribution in [-0.4, -0.2) is 17.1 Å². The topological polar surface area (TPSA) is 95.8 Å². The number of aromatic nitrogens is 2. The van der Waals surface area contributed by atoms with Gasteiger partial charge in [-0.1, -0.05) is 5.11 Å². The van der Waals surface area contributed by atoms with Crippen LogP contribution < -0.4 is 10.1 Å². The number of benzene rings is 1. The third kappa shape index (κ3) is 2.71. The Kier molecular flexibility index (Phi) is 3.55. The van der Waals surface area contributed by atoms with Crippen molar-refractivity contribution in [1.29, 1.82) is 0 Å². The SMILES string of the molecule is COc1cc(N=[N+]=[N-])cc(Nc2ncnc3ccsc23)c1. The molecule has 3 aromatic rings. The van der Waals surface area contributed by atoms with Crippen LogP contribution in [0.3, 0.4) is 0 Å². The van der Waals surface area contributed by atoms with Gasteiger partial charge in [0.1, 0.15) is 12.1 Å². The second kappa shape index (κ2) is 5.66. The number of thiophene rings is 1. The summed E-state index contributed by atoms with van der Waals surface area (Å²) in [6.45, 7) is 0. The molecule has 0 aliphatic heterocycles. The van der Waals surface area contributed by atoms with E-state index >= 15 is 0 Å². The van der Waals surface area contributed by atoms with E-state index in [0.29, 0.717) is 17.3 Å². The van der Waals surface area contributed by atoms with Gasteiger partial charge in [-0.05, 0) is 29.1 Å². The van der Waals surface area contributed by atoms with E-state index in [-0.39, 0.29) is 0 Å². The summed E-state index contributed by atoms with van der Waals surface area (Å²) >= 11 is 1.56. The first-order chi connectivity index (χ1) is 10.3. The van der Waals surface area contributed by atoms with Gasteiger partial charge in [0, 0.05) is 22.4 Å². The highest BCUT2D eigenvalue weighted by Gasteiger charge is 2.07. The Hall–Kier alpha value is -2.83. The van der Waals surface area contributed by atoms with Gasteiger partial charge in [-0.15, -0.1) is 11.3 Å². The van der Waals surface area contributed by atoms with Crippen LogP contribution in [0.1, 0.15) is 0 Å². The minimum Gasteiger partial charge on any atom is -0.497 e. The van der Waals surface area contributed by atoms with Crippen molar-refractivity contribution in [3.8, 4) is 5.75 Å². The monoisotopic (exact) mass is 298 g/mol. The van der Waals surface area contributed by atoms with E-state index in [1.807, 2.05) is 11.4 Å². The van der Waals surface area contributed by atoms with Crippen LogP contribution in [0.5, 0.6) is 5.75 Å². The standard InChI is InChI=1S/C13H10N6OS/c1-20-10-5-8(4-9(6-10)18-19-14)17-13-12-11(2-3-21-12)15-7-16-13/h2-7H,1H3,(H,15,16,17). The summed E-state index contributed by atoms with van der Waals surface area (Å²) in [7, 11) is 1.56. The summed E-state index contributed by atoms with van der Waals surface area (Å²) in [4.78, 5) is 11.2. The highest BCUT2D eigenvalue weighted by Crippen LogP contribution is 2.31. The Labute approximate surface area is 123 Å². The lowest BCUT2D eigenvalue weighted by molar-refractivity contribution is 0.415. The molecule has 104 valence electrons. The molecule has 0 aliphatic rings. The average Bonchev–Trinajstić information content (AvgIpc) is 2.97. The molecular formula is C13H10N6OS. The number of rotatable bonds is 4. The van der Waals surface area contributed by atoms with Crippen molar-refractivity contribution < 1.29 is 4.74 Å². The lowest BCUT2D eigenvalue weighted by Crippen LogP contribution is -1.95. The van der Waals surface area contributed by atoms with E-state index in [9.17, 15) is 0 Å². The average molecular weight is 298 g/mol. The summed E-state index contributed by atoms with van der Waals surface area (Å²) in [5.41, 5.74) is 10.6. The molecule has 3 rings (SSSR count). The van der Waals surface area contributed by atoms with Gasteiger partial charge >= 0.3 is 0 Å². The Morgan fingerprint density at radius 1 is 1.33 bits per heavy atom. The number of nitrogens with zero attached hydrogens (tertiary/aromatic N) is 5. The quantitative estimate of drug-likeness (QED) is 0.439. The van der Waals surface area contributed by atoms with Crippen molar-refractivity contribution >= 4 is 38.7 Å². The fourth-order valence-corrected chi connectivity index (χ4v) is 2.69. The Morgan fingerprint density at radius 2 is 2.24 bits per heavy atom. The van der Waals surface area contributed by atoms with Gasteiger partial charge in [0.25, 0.3) is 0 Å². The Morgan fingerprint density at radius 3 is 3.05 bits per heavy atom. The molecule has 0 atom stereocenters. The van der Waals surface area contributed by atoms with E-state index in [1.54, 1.807) is 36.6 Å². The molecule has 0 amide bonds. The molecule has 0 saturated carbocycles. The number of methoxy groups -OCH3 is 1. The molecule has 2 heterocycles. The zero-order chi connectivity index (χ0) is 14.7. The number of fused-ring (bicyclic) bond motifs is 1. The molecule has 8 heteroatoms. The lowest BCUT2D eigenvalue weighted by Gasteiger charge is -2.09. The first-order valence-corrected chi connectivity index (χ1v) is 6.87. The van der Waals surface area contributed by atoms with Gasteiger partial charge in [-0.3, -0.25) is 0 Å². The fraction of sp³-hybridized carbons (Fsp3) is 0.0769. The van der Waals surface area contributed by atoms with Crippen LogP contribution in [0.2, 0.25) is 0 Å². The number of ether oxygens (including phenoxy) is 1. The third-order valence-electron chi connectivity index (χ3n) is 2.79. The molecule has 0 unspecified atom stereocenters. The molecule has 0 saturated heterocycles. The van der Waals surface area contributed by atoms with Gasteiger partial charge in [-0.25, -0.2) is 9.97 Å². The number of hydrogen-bond acceptors (Lipinski definition) is 6. The molecular weight excluding hydrogens is 288 g/mol. The predicted molar refractivity (Wildman–Crippen MR) is 82.5 cm³/mol. The second-order valence-electron chi connectivity index (χ2n) is 4.09.